The van der Waals surface area contributed by atoms with Gasteiger partial charge in [-0.3, -0.25) is 0 Å². The molecule has 3 aromatic rings. The number of nitrogens with zero attached hydrogens (tertiary/aromatic N) is 2. The minimum Gasteiger partial charge on any atom is -0.246 e. The zero-order valence-corrected chi connectivity index (χ0v) is 10.1. The summed E-state index contributed by atoms with van der Waals surface area (Å²) in [6.07, 6.45) is 0. The van der Waals surface area contributed by atoms with Crippen molar-refractivity contribution in [2.24, 2.45) is 0 Å². The summed E-state index contributed by atoms with van der Waals surface area (Å²) >= 11 is 3.41. The van der Waals surface area contributed by atoms with Crippen molar-refractivity contribution in [1.82, 2.24) is 14.6 Å². The molecule has 3 rings (SSSR count). The zero-order chi connectivity index (χ0) is 11.3. The maximum absolute atomic E-state index is 11.6. The van der Waals surface area contributed by atoms with E-state index in [0.29, 0.717) is 5.65 Å². The highest BCUT2D eigenvalue weighted by Gasteiger charge is 2.07. The van der Waals surface area contributed by atoms with Crippen LogP contribution in [0.4, 0.5) is 0 Å². The van der Waals surface area contributed by atoms with Gasteiger partial charge in [-0.05, 0) is 30.7 Å². The smallest absolute Gasteiger partial charge is 0.246 e. The van der Waals surface area contributed by atoms with Crippen molar-refractivity contribution in [3.63, 3.8) is 0 Å². The molecule has 0 spiro atoms. The first-order chi connectivity index (χ1) is 7.66. The summed E-state index contributed by atoms with van der Waals surface area (Å²) in [7, 11) is 0. The topological polar surface area (TPSA) is 50.2 Å². The van der Waals surface area contributed by atoms with Gasteiger partial charge in [0.25, 0.3) is 0 Å². The van der Waals surface area contributed by atoms with Crippen LogP contribution in [0, 0.1) is 6.92 Å². The SMILES string of the molecule is Cc1cc2n[nH]c(=O)n2c2cc(Br)ccc12. The van der Waals surface area contributed by atoms with Crippen LogP contribution in [0.25, 0.3) is 16.6 Å². The number of benzene rings is 1. The minimum absolute atomic E-state index is 0.210. The van der Waals surface area contributed by atoms with Crippen molar-refractivity contribution >= 4 is 32.5 Å². The van der Waals surface area contributed by atoms with Crippen LogP contribution in [0.2, 0.25) is 0 Å². The molecular formula is C11H8BrN3O. The molecule has 4 nitrogen and oxygen atoms in total. The van der Waals surface area contributed by atoms with Crippen LogP contribution in [0.15, 0.2) is 33.5 Å². The van der Waals surface area contributed by atoms with Gasteiger partial charge in [-0.1, -0.05) is 22.0 Å². The molecule has 5 heteroatoms. The van der Waals surface area contributed by atoms with Gasteiger partial charge in [-0.25, -0.2) is 14.3 Å². The van der Waals surface area contributed by atoms with Crippen LogP contribution in [0.3, 0.4) is 0 Å². The van der Waals surface area contributed by atoms with Gasteiger partial charge in [0.15, 0.2) is 5.65 Å². The van der Waals surface area contributed by atoms with Crippen LogP contribution in [-0.4, -0.2) is 14.6 Å². The van der Waals surface area contributed by atoms with Gasteiger partial charge in [-0.2, -0.15) is 5.10 Å². The summed E-state index contributed by atoms with van der Waals surface area (Å²) < 4.78 is 2.52. The van der Waals surface area contributed by atoms with Gasteiger partial charge in [0.05, 0.1) is 5.52 Å². The molecule has 2 heterocycles. The first-order valence-electron chi connectivity index (χ1n) is 4.83. The highest BCUT2D eigenvalue weighted by atomic mass is 79.9. The Kier molecular flexibility index (Phi) is 1.91. The molecular weight excluding hydrogens is 270 g/mol. The van der Waals surface area contributed by atoms with Gasteiger partial charge >= 0.3 is 5.69 Å². The molecule has 0 unspecified atom stereocenters. The fourth-order valence-corrected chi connectivity index (χ4v) is 2.28. The van der Waals surface area contributed by atoms with Gasteiger partial charge in [0, 0.05) is 9.86 Å². The summed E-state index contributed by atoms with van der Waals surface area (Å²) in [5.74, 6) is 0. The maximum atomic E-state index is 11.6. The molecule has 0 amide bonds. The molecule has 2 aromatic heterocycles. The Balaban J connectivity index is 2.70. The Morgan fingerprint density at radius 2 is 2.19 bits per heavy atom. The highest BCUT2D eigenvalue weighted by molar-refractivity contribution is 9.10. The summed E-state index contributed by atoms with van der Waals surface area (Å²) in [5.41, 5.74) is 2.41. The molecule has 0 aliphatic carbocycles. The van der Waals surface area contributed by atoms with Crippen molar-refractivity contribution in [2.45, 2.75) is 6.92 Å². The molecule has 1 N–H and O–H groups in total. The van der Waals surface area contributed by atoms with Crippen molar-refractivity contribution in [3.05, 3.63) is 44.8 Å². The number of fused-ring (bicyclic) bond motifs is 3. The van der Waals surface area contributed by atoms with Crippen LogP contribution < -0.4 is 5.69 Å². The van der Waals surface area contributed by atoms with Crippen molar-refractivity contribution in [2.75, 3.05) is 0 Å². The zero-order valence-electron chi connectivity index (χ0n) is 8.49. The molecule has 1 aromatic carbocycles. The van der Waals surface area contributed by atoms with Gasteiger partial charge in [0.2, 0.25) is 0 Å². The third-order valence-corrected chi connectivity index (χ3v) is 3.16. The van der Waals surface area contributed by atoms with E-state index in [4.69, 9.17) is 0 Å². The van der Waals surface area contributed by atoms with Crippen molar-refractivity contribution in [1.29, 1.82) is 0 Å². The number of nitrogens with one attached hydrogen (secondary N) is 1. The van der Waals surface area contributed by atoms with Gasteiger partial charge in [0.1, 0.15) is 0 Å². The first kappa shape index (κ1) is 9.59. The summed E-state index contributed by atoms with van der Waals surface area (Å²) in [5, 5.41) is 7.48. The Bertz CT molecular complexity index is 757. The van der Waals surface area contributed by atoms with Crippen LogP contribution in [0.1, 0.15) is 5.56 Å². The molecule has 0 fully saturated rings. The van der Waals surface area contributed by atoms with Gasteiger partial charge < -0.3 is 0 Å². The Hall–Kier alpha value is -1.62. The summed E-state index contributed by atoms with van der Waals surface area (Å²) in [6, 6.07) is 7.78. The Morgan fingerprint density at radius 3 is 3.00 bits per heavy atom. The number of aromatic nitrogens is 3. The molecule has 0 radical (unpaired) electrons. The number of aromatic amines is 1. The van der Waals surface area contributed by atoms with E-state index in [0.717, 1.165) is 20.9 Å². The third-order valence-electron chi connectivity index (χ3n) is 2.67. The Morgan fingerprint density at radius 1 is 1.38 bits per heavy atom. The molecule has 80 valence electrons. The monoisotopic (exact) mass is 277 g/mol. The highest BCUT2D eigenvalue weighted by Crippen LogP contribution is 2.22. The summed E-state index contributed by atoms with van der Waals surface area (Å²) in [6.45, 7) is 2.01. The lowest BCUT2D eigenvalue weighted by Crippen LogP contribution is -2.10. The maximum Gasteiger partial charge on any atom is 0.348 e. The number of hydrogen-bond donors (Lipinski definition) is 1. The molecule has 0 bridgehead atoms. The second kappa shape index (κ2) is 3.18. The predicted octanol–water partition coefficient (Wildman–Crippen LogP) is 2.25. The van der Waals surface area contributed by atoms with Crippen molar-refractivity contribution in [3.8, 4) is 0 Å². The molecule has 0 saturated carbocycles. The van der Waals surface area contributed by atoms with E-state index in [1.165, 1.54) is 0 Å². The number of H-pyrrole nitrogens is 1. The lowest BCUT2D eigenvalue weighted by atomic mass is 10.1. The van der Waals surface area contributed by atoms with Gasteiger partial charge in [-0.15, -0.1) is 0 Å². The largest absolute Gasteiger partial charge is 0.348 e. The fraction of sp³-hybridized carbons (Fsp3) is 0.0909. The third kappa shape index (κ3) is 1.21. The molecule has 0 aliphatic rings. The first-order valence-corrected chi connectivity index (χ1v) is 5.62. The van der Waals surface area contributed by atoms with E-state index >= 15 is 0 Å². The average molecular weight is 278 g/mol. The van der Waals surface area contributed by atoms with Crippen molar-refractivity contribution < 1.29 is 0 Å². The van der Waals surface area contributed by atoms with E-state index in [9.17, 15) is 4.79 Å². The number of rotatable bonds is 0. The molecule has 16 heavy (non-hydrogen) atoms. The molecule has 0 atom stereocenters. The number of aryl methyl sites for hydroxylation is 1. The van der Waals surface area contributed by atoms with E-state index in [2.05, 4.69) is 26.1 Å². The second-order valence-electron chi connectivity index (χ2n) is 3.71. The Labute approximate surface area is 99.0 Å². The van der Waals surface area contributed by atoms with Crippen LogP contribution >= 0.6 is 15.9 Å². The lowest BCUT2D eigenvalue weighted by molar-refractivity contribution is 1.04. The van der Waals surface area contributed by atoms with E-state index in [-0.39, 0.29) is 5.69 Å². The van der Waals surface area contributed by atoms with Crippen LogP contribution in [-0.2, 0) is 0 Å². The number of pyridine rings is 1. The number of halogens is 1. The lowest BCUT2D eigenvalue weighted by Gasteiger charge is -2.04. The second-order valence-corrected chi connectivity index (χ2v) is 4.63. The summed E-state index contributed by atoms with van der Waals surface area (Å²) in [4.78, 5) is 11.6. The normalized spacial score (nSPS) is 11.4. The molecule has 0 aliphatic heterocycles. The minimum atomic E-state index is -0.210. The van der Waals surface area contributed by atoms with E-state index in [1.807, 2.05) is 31.2 Å². The quantitative estimate of drug-likeness (QED) is 0.685. The molecule has 0 saturated heterocycles. The van der Waals surface area contributed by atoms with E-state index in [1.54, 1.807) is 4.40 Å². The fourth-order valence-electron chi connectivity index (χ4n) is 1.93. The van der Waals surface area contributed by atoms with Crippen LogP contribution in [0.5, 0.6) is 0 Å². The number of hydrogen-bond acceptors (Lipinski definition) is 2. The predicted molar refractivity (Wildman–Crippen MR) is 65.8 cm³/mol. The average Bonchev–Trinajstić information content (AvgIpc) is 2.60. The standard InChI is InChI=1S/C11H8BrN3O/c1-6-4-10-13-14-11(16)15(10)9-5-7(12)2-3-8(6)9/h2-5H,1H3,(H,14,16). The van der Waals surface area contributed by atoms with E-state index < -0.39 is 0 Å².